The van der Waals surface area contributed by atoms with Crippen molar-refractivity contribution in [2.75, 3.05) is 6.54 Å². The molecule has 0 radical (unpaired) electrons. The summed E-state index contributed by atoms with van der Waals surface area (Å²) in [4.78, 5) is 25.0. The lowest BCUT2D eigenvalue weighted by Gasteiger charge is -2.25. The molecule has 18 heavy (non-hydrogen) atoms. The lowest BCUT2D eigenvalue weighted by molar-refractivity contribution is -0.122. The molecule has 2 bridgehead atoms. The highest BCUT2D eigenvalue weighted by molar-refractivity contribution is 5.87. The zero-order valence-corrected chi connectivity index (χ0v) is 10.0. The van der Waals surface area contributed by atoms with Crippen molar-refractivity contribution in [1.29, 1.82) is 0 Å². The van der Waals surface area contributed by atoms with Crippen LogP contribution in [-0.4, -0.2) is 29.4 Å². The number of hydrogen-bond donors (Lipinski definition) is 0. The predicted molar refractivity (Wildman–Crippen MR) is 64.9 cm³/mol. The summed E-state index contributed by atoms with van der Waals surface area (Å²) < 4.78 is 5.28. The molecule has 1 aromatic rings. The van der Waals surface area contributed by atoms with E-state index >= 15 is 0 Å². The third kappa shape index (κ3) is 1.98. The largest absolute Gasteiger partial charge is 0.445 e. The minimum absolute atomic E-state index is 0.0549. The summed E-state index contributed by atoms with van der Waals surface area (Å²) >= 11 is 0. The van der Waals surface area contributed by atoms with Gasteiger partial charge in [-0.05, 0) is 12.0 Å². The third-order valence-electron chi connectivity index (χ3n) is 3.75. The van der Waals surface area contributed by atoms with E-state index in [1.807, 2.05) is 30.3 Å². The molecular weight excluding hydrogens is 230 g/mol. The molecule has 2 fully saturated rings. The number of nitrogens with zero attached hydrogens (tertiary/aromatic N) is 1. The van der Waals surface area contributed by atoms with Gasteiger partial charge in [-0.1, -0.05) is 30.3 Å². The molecule has 1 aliphatic carbocycles. The van der Waals surface area contributed by atoms with Gasteiger partial charge in [0.25, 0.3) is 0 Å². The lowest BCUT2D eigenvalue weighted by Crippen LogP contribution is -2.40. The van der Waals surface area contributed by atoms with Gasteiger partial charge in [0, 0.05) is 24.9 Å². The molecule has 2 atom stereocenters. The molecule has 0 unspecified atom stereocenters. The van der Waals surface area contributed by atoms with Crippen molar-refractivity contribution >= 4 is 11.9 Å². The Balaban J connectivity index is 1.56. The highest BCUT2D eigenvalue weighted by Crippen LogP contribution is 2.35. The van der Waals surface area contributed by atoms with Crippen LogP contribution in [0.2, 0.25) is 0 Å². The molecule has 0 spiro atoms. The van der Waals surface area contributed by atoms with Crippen molar-refractivity contribution in [3.63, 3.8) is 0 Å². The number of piperidine rings is 1. The molecule has 0 aromatic heterocycles. The first-order valence-corrected chi connectivity index (χ1v) is 6.24. The van der Waals surface area contributed by atoms with Gasteiger partial charge in [0.1, 0.15) is 12.4 Å². The Morgan fingerprint density at radius 3 is 2.72 bits per heavy atom. The second-order valence-electron chi connectivity index (χ2n) is 4.95. The smallest absolute Gasteiger partial charge is 0.410 e. The average Bonchev–Trinajstić information content (AvgIpc) is 2.96. The molecule has 1 aromatic carbocycles. The molecule has 94 valence electrons. The number of Topliss-reactive ketones (excluding diaryl/α,β-unsaturated/α-hetero) is 1. The van der Waals surface area contributed by atoms with Crippen LogP contribution in [0.3, 0.4) is 0 Å². The maximum atomic E-state index is 11.9. The van der Waals surface area contributed by atoms with Gasteiger partial charge in [-0.3, -0.25) is 4.79 Å². The summed E-state index contributed by atoms with van der Waals surface area (Å²) in [7, 11) is 0. The topological polar surface area (TPSA) is 46.6 Å². The van der Waals surface area contributed by atoms with Crippen LogP contribution in [-0.2, 0) is 16.1 Å². The van der Waals surface area contributed by atoms with E-state index in [1.54, 1.807) is 4.90 Å². The number of ketones is 1. The fraction of sp³-hybridized carbons (Fsp3) is 0.429. The second-order valence-corrected chi connectivity index (χ2v) is 4.95. The van der Waals surface area contributed by atoms with Crippen LogP contribution >= 0.6 is 0 Å². The fourth-order valence-corrected chi connectivity index (χ4v) is 2.77. The van der Waals surface area contributed by atoms with Gasteiger partial charge >= 0.3 is 6.09 Å². The molecule has 1 amide bonds. The Morgan fingerprint density at radius 2 is 2.11 bits per heavy atom. The maximum Gasteiger partial charge on any atom is 0.410 e. The normalized spacial score (nSPS) is 25.6. The number of amides is 1. The van der Waals surface area contributed by atoms with Gasteiger partial charge in [-0.2, -0.15) is 0 Å². The van der Waals surface area contributed by atoms with E-state index in [-0.39, 0.29) is 18.1 Å². The summed E-state index contributed by atoms with van der Waals surface area (Å²) in [5, 5.41) is 0. The number of carbonyl (C=O) groups excluding carboxylic acids is 2. The number of likely N-dealkylation sites (tertiary alicyclic amines) is 1. The third-order valence-corrected chi connectivity index (χ3v) is 3.75. The van der Waals surface area contributed by atoms with E-state index < -0.39 is 0 Å². The molecule has 1 heterocycles. The first kappa shape index (κ1) is 11.3. The second kappa shape index (κ2) is 4.44. The minimum atomic E-state index is -0.293. The van der Waals surface area contributed by atoms with Crippen molar-refractivity contribution in [2.45, 2.75) is 25.5 Å². The highest BCUT2D eigenvalue weighted by Gasteiger charge is 2.46. The van der Waals surface area contributed by atoms with E-state index in [4.69, 9.17) is 4.74 Å². The summed E-state index contributed by atoms with van der Waals surface area (Å²) in [5.74, 6) is 0.353. The number of rotatable bonds is 2. The Labute approximate surface area is 106 Å². The minimum Gasteiger partial charge on any atom is -0.445 e. The summed E-state index contributed by atoms with van der Waals surface area (Å²) in [5.41, 5.74) is 0.978. The number of carbonyl (C=O) groups is 2. The molecule has 4 heteroatoms. The van der Waals surface area contributed by atoms with E-state index in [9.17, 15) is 9.59 Å². The van der Waals surface area contributed by atoms with Crippen molar-refractivity contribution < 1.29 is 14.3 Å². The van der Waals surface area contributed by atoms with Crippen molar-refractivity contribution in [3.05, 3.63) is 35.9 Å². The van der Waals surface area contributed by atoms with Gasteiger partial charge in [-0.15, -0.1) is 0 Å². The van der Waals surface area contributed by atoms with Gasteiger partial charge in [0.2, 0.25) is 0 Å². The SMILES string of the molecule is O=C1C[C@@H]2C[C@@H]1CN2C(=O)OCc1ccccc1. The molecule has 4 nitrogen and oxygen atoms in total. The van der Waals surface area contributed by atoms with Crippen LogP contribution in [0.5, 0.6) is 0 Å². The van der Waals surface area contributed by atoms with Crippen molar-refractivity contribution in [1.82, 2.24) is 4.90 Å². The Morgan fingerprint density at radius 1 is 1.33 bits per heavy atom. The number of hydrogen-bond acceptors (Lipinski definition) is 3. The zero-order chi connectivity index (χ0) is 12.5. The van der Waals surface area contributed by atoms with Gasteiger partial charge in [0.15, 0.2) is 0 Å². The summed E-state index contributed by atoms with van der Waals surface area (Å²) in [6.07, 6.45) is 1.03. The van der Waals surface area contributed by atoms with Crippen LogP contribution in [0.15, 0.2) is 30.3 Å². The fourth-order valence-electron chi connectivity index (χ4n) is 2.77. The average molecular weight is 245 g/mol. The van der Waals surface area contributed by atoms with Crippen molar-refractivity contribution in [2.24, 2.45) is 5.92 Å². The quantitative estimate of drug-likeness (QED) is 0.800. The standard InChI is InChI=1S/C14H15NO3/c16-13-7-12-6-11(13)8-15(12)14(17)18-9-10-4-2-1-3-5-10/h1-5,11-12H,6-9H2/t11-,12+/m1/s1. The number of ether oxygens (including phenoxy) is 1. The molecule has 1 saturated carbocycles. The zero-order valence-electron chi connectivity index (χ0n) is 10.0. The monoisotopic (exact) mass is 245 g/mol. The summed E-state index contributed by atoms with van der Waals surface area (Å²) in [6, 6.07) is 9.68. The van der Waals surface area contributed by atoms with Crippen LogP contribution in [0, 0.1) is 5.92 Å². The molecule has 0 N–H and O–H groups in total. The first-order valence-electron chi connectivity index (χ1n) is 6.24. The molecule has 2 aliphatic rings. The van der Waals surface area contributed by atoms with Crippen molar-refractivity contribution in [3.8, 4) is 0 Å². The van der Waals surface area contributed by atoms with Gasteiger partial charge in [-0.25, -0.2) is 4.79 Å². The van der Waals surface area contributed by atoms with Crippen LogP contribution in [0.25, 0.3) is 0 Å². The Bertz CT molecular complexity index is 471. The Hall–Kier alpha value is -1.84. The van der Waals surface area contributed by atoms with Crippen LogP contribution in [0.4, 0.5) is 4.79 Å². The van der Waals surface area contributed by atoms with Gasteiger partial charge in [0.05, 0.1) is 0 Å². The van der Waals surface area contributed by atoms with Crippen LogP contribution < -0.4 is 0 Å². The molecule has 1 saturated heterocycles. The predicted octanol–water partition coefficient (Wildman–Crippen LogP) is 1.99. The van der Waals surface area contributed by atoms with Gasteiger partial charge < -0.3 is 9.64 Å². The van der Waals surface area contributed by atoms with E-state index in [2.05, 4.69) is 0 Å². The molecule has 3 rings (SSSR count). The van der Waals surface area contributed by atoms with Crippen LogP contribution in [0.1, 0.15) is 18.4 Å². The first-order chi connectivity index (χ1) is 8.74. The maximum absolute atomic E-state index is 11.9. The number of benzene rings is 1. The summed E-state index contributed by atoms with van der Waals surface area (Å²) in [6.45, 7) is 0.832. The molecular formula is C14H15NO3. The van der Waals surface area contributed by atoms with E-state index in [1.165, 1.54) is 0 Å². The molecule has 1 aliphatic heterocycles. The highest BCUT2D eigenvalue weighted by atomic mass is 16.6. The van der Waals surface area contributed by atoms with E-state index in [0.29, 0.717) is 25.4 Å². The van der Waals surface area contributed by atoms with E-state index in [0.717, 1.165) is 12.0 Å². The number of fused-ring (bicyclic) bond motifs is 2. The lowest BCUT2D eigenvalue weighted by atomic mass is 10.1. The Kier molecular flexibility index (Phi) is 2.78.